The number of pyridine rings is 1. The molecule has 0 spiro atoms. The summed E-state index contributed by atoms with van der Waals surface area (Å²) in [5.74, 6) is 0.0774. The van der Waals surface area contributed by atoms with Crippen LogP contribution in [-0.4, -0.2) is 47.2 Å². The molecule has 8 heteroatoms. The number of anilines is 1. The van der Waals surface area contributed by atoms with E-state index in [1.807, 2.05) is 4.90 Å². The SMILES string of the molecule is O=C1NCCc2nc(-c3ccc(N4CCC(CO)C4)nc3F)sc21. The van der Waals surface area contributed by atoms with Crippen molar-refractivity contribution in [2.45, 2.75) is 12.8 Å². The van der Waals surface area contributed by atoms with Crippen LogP contribution in [0.25, 0.3) is 10.6 Å². The van der Waals surface area contributed by atoms with Gasteiger partial charge in [-0.1, -0.05) is 0 Å². The van der Waals surface area contributed by atoms with Crippen molar-refractivity contribution < 1.29 is 14.3 Å². The molecule has 1 saturated heterocycles. The second-order valence-corrected chi connectivity index (χ2v) is 7.09. The van der Waals surface area contributed by atoms with Gasteiger partial charge in [-0.3, -0.25) is 4.79 Å². The van der Waals surface area contributed by atoms with Crippen LogP contribution in [0.2, 0.25) is 0 Å². The summed E-state index contributed by atoms with van der Waals surface area (Å²) in [6.45, 7) is 2.16. The molecule has 0 aliphatic carbocycles. The Labute approximate surface area is 142 Å². The normalized spacial score (nSPS) is 20.2. The minimum atomic E-state index is -0.577. The van der Waals surface area contributed by atoms with Crippen LogP contribution in [0.1, 0.15) is 21.8 Å². The maximum atomic E-state index is 14.5. The lowest BCUT2D eigenvalue weighted by atomic mass is 10.1. The number of aliphatic hydroxyl groups is 1. The van der Waals surface area contributed by atoms with Crippen molar-refractivity contribution in [3.05, 3.63) is 28.7 Å². The number of carbonyl (C=O) groups is 1. The molecule has 2 aliphatic heterocycles. The molecule has 0 aromatic carbocycles. The number of rotatable bonds is 3. The summed E-state index contributed by atoms with van der Waals surface area (Å²) in [5, 5.41) is 12.5. The zero-order valence-electron chi connectivity index (χ0n) is 13.0. The lowest BCUT2D eigenvalue weighted by Gasteiger charge is -2.17. The summed E-state index contributed by atoms with van der Waals surface area (Å²) < 4.78 is 14.5. The third-order valence-electron chi connectivity index (χ3n) is 4.48. The summed E-state index contributed by atoms with van der Waals surface area (Å²) in [6.07, 6.45) is 1.55. The van der Waals surface area contributed by atoms with E-state index in [-0.39, 0.29) is 18.4 Å². The third-order valence-corrected chi connectivity index (χ3v) is 5.61. The minimum Gasteiger partial charge on any atom is -0.396 e. The number of thiazole rings is 1. The number of hydrogen-bond acceptors (Lipinski definition) is 6. The highest BCUT2D eigenvalue weighted by atomic mass is 32.1. The zero-order valence-corrected chi connectivity index (χ0v) is 13.8. The molecule has 2 aromatic heterocycles. The number of nitrogens with zero attached hydrogens (tertiary/aromatic N) is 3. The molecule has 1 unspecified atom stereocenters. The predicted molar refractivity (Wildman–Crippen MR) is 88.7 cm³/mol. The largest absolute Gasteiger partial charge is 0.396 e. The fourth-order valence-corrected chi connectivity index (χ4v) is 4.18. The summed E-state index contributed by atoms with van der Waals surface area (Å²) in [5.41, 5.74) is 1.05. The highest BCUT2D eigenvalue weighted by molar-refractivity contribution is 7.17. The lowest BCUT2D eigenvalue weighted by molar-refractivity contribution is 0.0950. The quantitative estimate of drug-likeness (QED) is 0.821. The predicted octanol–water partition coefficient (Wildman–Crippen LogP) is 1.45. The van der Waals surface area contributed by atoms with Gasteiger partial charge in [-0.15, -0.1) is 11.3 Å². The number of fused-ring (bicyclic) bond motifs is 1. The first kappa shape index (κ1) is 15.5. The number of aromatic nitrogens is 2. The standard InChI is InChI=1S/C16H17FN4O2S/c17-14-10(16-19-11-3-5-18-15(23)13(11)24-16)1-2-12(20-14)21-6-4-9(7-21)8-22/h1-2,9,22H,3-8H2,(H,18,23). The molecule has 1 amide bonds. The molecule has 1 fully saturated rings. The molecule has 0 radical (unpaired) electrons. The van der Waals surface area contributed by atoms with Gasteiger partial charge in [-0.05, 0) is 18.6 Å². The van der Waals surface area contributed by atoms with Crippen molar-refractivity contribution in [3.63, 3.8) is 0 Å². The van der Waals surface area contributed by atoms with Gasteiger partial charge in [0, 0.05) is 38.6 Å². The molecule has 0 saturated carbocycles. The van der Waals surface area contributed by atoms with Crippen molar-refractivity contribution in [2.75, 3.05) is 31.1 Å². The number of hydrogen-bond donors (Lipinski definition) is 2. The van der Waals surface area contributed by atoms with Crippen LogP contribution in [0.5, 0.6) is 0 Å². The summed E-state index contributed by atoms with van der Waals surface area (Å²) in [6, 6.07) is 3.45. The van der Waals surface area contributed by atoms with Crippen LogP contribution in [0.3, 0.4) is 0 Å². The maximum Gasteiger partial charge on any atom is 0.263 e. The van der Waals surface area contributed by atoms with E-state index in [0.717, 1.165) is 18.7 Å². The lowest BCUT2D eigenvalue weighted by Crippen LogP contribution is -2.30. The number of aliphatic hydroxyl groups excluding tert-OH is 1. The van der Waals surface area contributed by atoms with Crippen LogP contribution in [-0.2, 0) is 6.42 Å². The molecule has 4 rings (SSSR count). The van der Waals surface area contributed by atoms with Crippen molar-refractivity contribution in [1.82, 2.24) is 15.3 Å². The summed E-state index contributed by atoms with van der Waals surface area (Å²) in [4.78, 5) is 22.9. The Morgan fingerprint density at radius 2 is 2.29 bits per heavy atom. The second-order valence-electron chi connectivity index (χ2n) is 6.09. The maximum absolute atomic E-state index is 14.5. The fraction of sp³-hybridized carbons (Fsp3) is 0.438. The third kappa shape index (κ3) is 2.65. The summed E-state index contributed by atoms with van der Waals surface area (Å²) in [7, 11) is 0. The Morgan fingerprint density at radius 3 is 3.00 bits per heavy atom. The number of nitrogens with one attached hydrogen (secondary N) is 1. The van der Waals surface area contributed by atoms with Crippen LogP contribution in [0.4, 0.5) is 10.2 Å². The zero-order chi connectivity index (χ0) is 16.7. The average molecular weight is 348 g/mol. The smallest absolute Gasteiger partial charge is 0.263 e. The minimum absolute atomic E-state index is 0.142. The van der Waals surface area contributed by atoms with Gasteiger partial charge in [0.1, 0.15) is 15.7 Å². The van der Waals surface area contributed by atoms with E-state index in [1.165, 1.54) is 11.3 Å². The highest BCUT2D eigenvalue weighted by Crippen LogP contribution is 2.32. The Morgan fingerprint density at radius 1 is 1.42 bits per heavy atom. The Kier molecular flexibility index (Phi) is 3.93. The molecule has 4 heterocycles. The molecule has 126 valence electrons. The topological polar surface area (TPSA) is 78.4 Å². The van der Waals surface area contributed by atoms with E-state index in [0.29, 0.717) is 40.8 Å². The highest BCUT2D eigenvalue weighted by Gasteiger charge is 2.26. The van der Waals surface area contributed by atoms with Gasteiger partial charge in [-0.25, -0.2) is 9.97 Å². The van der Waals surface area contributed by atoms with Crippen molar-refractivity contribution in [2.24, 2.45) is 5.92 Å². The molecule has 1 atom stereocenters. The molecule has 2 aliphatic rings. The van der Waals surface area contributed by atoms with E-state index in [9.17, 15) is 14.3 Å². The molecular formula is C16H17FN4O2S. The van der Waals surface area contributed by atoms with Crippen LogP contribution >= 0.6 is 11.3 Å². The van der Waals surface area contributed by atoms with Gasteiger partial charge in [0.2, 0.25) is 5.95 Å². The van der Waals surface area contributed by atoms with Gasteiger partial charge in [0.15, 0.2) is 0 Å². The number of carbonyl (C=O) groups excluding carboxylic acids is 1. The molecule has 2 aromatic rings. The number of halogens is 1. The van der Waals surface area contributed by atoms with E-state index in [2.05, 4.69) is 15.3 Å². The first-order valence-electron chi connectivity index (χ1n) is 7.96. The van der Waals surface area contributed by atoms with Crippen molar-refractivity contribution in [3.8, 4) is 10.6 Å². The molecular weight excluding hydrogens is 331 g/mol. The number of amides is 1. The summed E-state index contributed by atoms with van der Waals surface area (Å²) >= 11 is 1.20. The first-order chi connectivity index (χ1) is 11.7. The second kappa shape index (κ2) is 6.10. The van der Waals surface area contributed by atoms with Gasteiger partial charge in [-0.2, -0.15) is 4.39 Å². The van der Waals surface area contributed by atoms with Gasteiger partial charge < -0.3 is 15.3 Å². The van der Waals surface area contributed by atoms with E-state index < -0.39 is 5.95 Å². The van der Waals surface area contributed by atoms with E-state index in [1.54, 1.807) is 12.1 Å². The van der Waals surface area contributed by atoms with Crippen molar-refractivity contribution >= 4 is 23.1 Å². The van der Waals surface area contributed by atoms with Gasteiger partial charge in [0.25, 0.3) is 5.91 Å². The Hall–Kier alpha value is -2.06. The Balaban J connectivity index is 1.62. The van der Waals surface area contributed by atoms with Gasteiger partial charge in [0.05, 0.1) is 11.3 Å². The van der Waals surface area contributed by atoms with Gasteiger partial charge >= 0.3 is 0 Å². The molecule has 6 nitrogen and oxygen atoms in total. The monoisotopic (exact) mass is 348 g/mol. The van der Waals surface area contributed by atoms with E-state index >= 15 is 0 Å². The van der Waals surface area contributed by atoms with Crippen molar-refractivity contribution in [1.29, 1.82) is 0 Å². The molecule has 0 bridgehead atoms. The Bertz CT molecular complexity index is 794. The van der Waals surface area contributed by atoms with Crippen LogP contribution in [0.15, 0.2) is 12.1 Å². The first-order valence-corrected chi connectivity index (χ1v) is 8.78. The van der Waals surface area contributed by atoms with Crippen LogP contribution in [0, 0.1) is 11.9 Å². The molecule has 2 N–H and O–H groups in total. The fourth-order valence-electron chi connectivity index (χ4n) is 3.14. The molecule has 24 heavy (non-hydrogen) atoms. The van der Waals surface area contributed by atoms with E-state index in [4.69, 9.17) is 0 Å². The average Bonchev–Trinajstić information content (AvgIpc) is 3.22. The van der Waals surface area contributed by atoms with Crippen LogP contribution < -0.4 is 10.2 Å².